The van der Waals surface area contributed by atoms with Crippen LogP contribution in [-0.2, 0) is 50.6 Å². The number of nitrogens with two attached hydrogens (primary N) is 1. The van der Waals surface area contributed by atoms with Gasteiger partial charge in [0.1, 0.15) is 55.3 Å². The lowest BCUT2D eigenvalue weighted by Gasteiger charge is -2.12. The first-order chi connectivity index (χ1) is 36.8. The molecule has 0 atom stereocenters. The first-order valence-electron chi connectivity index (χ1n) is 21.9. The summed E-state index contributed by atoms with van der Waals surface area (Å²) in [4.78, 5) is 6.80. The number of aromatic hydroxyl groups is 1. The number of anilines is 1. The van der Waals surface area contributed by atoms with Crippen molar-refractivity contribution in [1.29, 1.82) is 5.26 Å². The van der Waals surface area contributed by atoms with Crippen molar-refractivity contribution in [2.45, 2.75) is 46.3 Å². The van der Waals surface area contributed by atoms with Crippen molar-refractivity contribution in [1.82, 2.24) is 14.4 Å². The van der Waals surface area contributed by atoms with Crippen molar-refractivity contribution in [3.8, 4) is 17.7 Å². The number of imidazole rings is 1. The Bertz CT molecular complexity index is 4620. The third-order valence-electron chi connectivity index (χ3n) is 11.2. The van der Waals surface area contributed by atoms with Gasteiger partial charge >= 0.3 is 0 Å². The van der Waals surface area contributed by atoms with E-state index < -0.39 is 82.7 Å². The van der Waals surface area contributed by atoms with Crippen LogP contribution in [0.15, 0.2) is 111 Å². The molecule has 8 N–H and O–H groups in total. The summed E-state index contributed by atoms with van der Waals surface area (Å²) in [5.41, 5.74) is 5.51. The number of pyridine rings is 1. The van der Waals surface area contributed by atoms with E-state index in [1.165, 1.54) is 43.3 Å². The summed E-state index contributed by atoms with van der Waals surface area (Å²) in [5.74, 6) is -1.98. The number of nitriles is 1. The maximum Gasteiger partial charge on any atom is 0.296 e. The minimum atomic E-state index is -4.96. The Morgan fingerprint density at radius 2 is 1.38 bits per heavy atom. The van der Waals surface area contributed by atoms with Gasteiger partial charge in [-0.2, -0.15) is 52.5 Å². The van der Waals surface area contributed by atoms with E-state index >= 15 is 0 Å². The fourth-order valence-corrected chi connectivity index (χ4v) is 12.9. The van der Waals surface area contributed by atoms with Crippen LogP contribution in [0.1, 0.15) is 29.5 Å². The van der Waals surface area contributed by atoms with Crippen LogP contribution in [0.4, 0.5) is 39.3 Å². The molecule has 0 bridgehead atoms. The Morgan fingerprint density at radius 3 is 2.04 bits per heavy atom. The fourth-order valence-electron chi connectivity index (χ4n) is 7.61. The van der Waals surface area contributed by atoms with Crippen molar-refractivity contribution in [2.24, 2.45) is 30.7 Å². The molecule has 0 spiro atoms. The Morgan fingerprint density at radius 1 is 0.734 bits per heavy atom. The monoisotopic (exact) mass is 1240 g/mol. The first-order valence-corrected chi connectivity index (χ1v) is 31.6. The lowest BCUT2D eigenvalue weighted by Crippen LogP contribution is -2.08. The molecule has 0 radical (unpaired) electrons. The number of nitrogens with zero attached hydrogens (tertiary/aromatic N) is 10. The molecular formula is C43H36ClN11O17S7. The lowest BCUT2D eigenvalue weighted by molar-refractivity contribution is 0.317. The van der Waals surface area contributed by atoms with Crippen LogP contribution in [-0.4, -0.2) is 108 Å². The number of fused-ring (bicyclic) bond motifs is 6. The molecule has 0 unspecified atom stereocenters. The lowest BCUT2D eigenvalue weighted by atomic mass is 10.1. The third-order valence-corrected chi connectivity index (χ3v) is 17.7. The SMILES string of the molecule is Cc1cc(N=Nc2c(C)c(C#N)c3nc4c(S(=O)(=O)O)cc(Cl)cc4n3c2O)c(OCCCS(=O)(=O)O)cc1N=Nc1cc(N)c(N=Nc2nc3c(S(=O)(=O)O)cc4cc(S(=O)(=O)O)ccc4c3s2)cc1SCCCS(=O)(=O)O. The number of thiazole rings is 1. The molecule has 8 aromatic rings. The van der Waals surface area contributed by atoms with Crippen molar-refractivity contribution < 1.29 is 74.7 Å². The maximum atomic E-state index is 12.5. The second-order valence-electron chi connectivity index (χ2n) is 16.7. The van der Waals surface area contributed by atoms with Crippen molar-refractivity contribution in [3.05, 3.63) is 82.4 Å². The van der Waals surface area contributed by atoms with Crippen LogP contribution in [0.2, 0.25) is 5.02 Å². The second-order valence-corrected chi connectivity index (χ2v) is 26.6. The highest BCUT2D eigenvalue weighted by Gasteiger charge is 2.27. The van der Waals surface area contributed by atoms with Gasteiger partial charge in [-0.05, 0) is 91.9 Å². The molecule has 3 heterocycles. The van der Waals surface area contributed by atoms with Gasteiger partial charge in [0.25, 0.3) is 50.6 Å². The van der Waals surface area contributed by atoms with Crippen LogP contribution in [0.25, 0.3) is 37.7 Å². The second kappa shape index (κ2) is 22.0. The van der Waals surface area contributed by atoms with Crippen LogP contribution >= 0.6 is 34.7 Å². The minimum Gasteiger partial charge on any atom is -0.493 e. The minimum absolute atomic E-state index is 0.00481. The Hall–Kier alpha value is -6.92. The number of aromatic nitrogens is 3. The standard InChI is InChI=1S/C43H36ClN11O17S7/c1-20-11-30(51-53-37-21(2)26(19-45)41-47-38-32(55(41)42(37)56)14-23(44)15-36(38)79(69,70)71)33(72-7-3-9-75(57,58)59)17-28(20)49-52-31-16-27(46)29(18-34(31)73-8-4-10-76(60,61)62)50-54-43-48-39-35(78(66,67)68)13-22-12-24(77(63,64)65)5-6-25(22)40(39)74-43/h5-6,11-18,56H,3-4,7-10,46H2,1-2H3,(H,57,58,59)(H,60,61,62)(H,63,64,65)(H,66,67,68)(H,69,70,71). The molecule has 0 aliphatic heterocycles. The number of rotatable bonds is 19. The molecule has 8 rings (SSSR count). The molecule has 0 aliphatic carbocycles. The summed E-state index contributed by atoms with van der Waals surface area (Å²) < 4.78 is 175. The Balaban J connectivity index is 1.18. The zero-order valence-corrected chi connectivity index (χ0v) is 46.4. The van der Waals surface area contributed by atoms with Crippen molar-refractivity contribution in [3.63, 3.8) is 0 Å². The number of nitrogen functional groups attached to an aromatic ring is 1. The maximum absolute atomic E-state index is 12.5. The van der Waals surface area contributed by atoms with E-state index in [1.54, 1.807) is 6.92 Å². The predicted octanol–water partition coefficient (Wildman–Crippen LogP) is 9.69. The van der Waals surface area contributed by atoms with E-state index in [9.17, 15) is 75.2 Å². The topological polar surface area (TPSA) is 455 Å². The number of azo groups is 3. The molecule has 414 valence electrons. The summed E-state index contributed by atoms with van der Waals surface area (Å²) in [5, 5.41) is 47.4. The van der Waals surface area contributed by atoms with E-state index in [4.69, 9.17) is 22.1 Å². The molecule has 0 amide bonds. The van der Waals surface area contributed by atoms with Gasteiger partial charge in [-0.3, -0.25) is 27.2 Å². The fraction of sp³-hybridized carbons (Fsp3) is 0.186. The summed E-state index contributed by atoms with van der Waals surface area (Å²) in [6.07, 6.45) is -0.255. The average Bonchev–Trinajstić information content (AvgIpc) is 3.75. The number of thioether (sulfide) groups is 1. The third kappa shape index (κ3) is 13.1. The number of aryl methyl sites for hydroxylation is 1. The summed E-state index contributed by atoms with van der Waals surface area (Å²) in [6.45, 7) is 2.66. The smallest absolute Gasteiger partial charge is 0.296 e. The van der Waals surface area contributed by atoms with Crippen molar-refractivity contribution >= 4 is 162 Å². The molecule has 0 saturated heterocycles. The summed E-state index contributed by atoms with van der Waals surface area (Å²) >= 11 is 8.05. The summed E-state index contributed by atoms with van der Waals surface area (Å²) in [7, 11) is -23.3. The van der Waals surface area contributed by atoms with Gasteiger partial charge in [0.15, 0.2) is 11.3 Å². The molecule has 0 saturated carbocycles. The van der Waals surface area contributed by atoms with E-state index in [2.05, 4.69) is 40.7 Å². The molecule has 5 aromatic carbocycles. The van der Waals surface area contributed by atoms with Crippen LogP contribution in [0, 0.1) is 25.2 Å². The zero-order chi connectivity index (χ0) is 57.7. The van der Waals surface area contributed by atoms with Gasteiger partial charge in [0.05, 0.1) is 44.6 Å². The number of benzene rings is 5. The van der Waals surface area contributed by atoms with E-state index in [-0.39, 0.29) is 129 Å². The zero-order valence-electron chi connectivity index (χ0n) is 40.0. The molecule has 36 heteroatoms. The van der Waals surface area contributed by atoms with E-state index in [0.29, 0.717) is 5.56 Å². The van der Waals surface area contributed by atoms with E-state index in [0.717, 1.165) is 51.8 Å². The average molecular weight is 1240 g/mol. The van der Waals surface area contributed by atoms with Crippen LogP contribution in [0.5, 0.6) is 11.6 Å². The summed E-state index contributed by atoms with van der Waals surface area (Å²) in [6, 6.07) is 14.0. The highest BCUT2D eigenvalue weighted by atomic mass is 35.5. The predicted molar refractivity (Wildman–Crippen MR) is 288 cm³/mol. The Labute approximate surface area is 460 Å². The highest BCUT2D eigenvalue weighted by molar-refractivity contribution is 7.99. The molecule has 28 nitrogen and oxygen atoms in total. The van der Waals surface area contributed by atoms with Gasteiger partial charge in [-0.1, -0.05) is 29.0 Å². The van der Waals surface area contributed by atoms with Gasteiger partial charge in [0, 0.05) is 26.9 Å². The first kappa shape index (κ1) is 58.2. The molecular weight excluding hydrogens is 1200 g/mol. The van der Waals surface area contributed by atoms with Gasteiger partial charge in [-0.15, -0.1) is 37.3 Å². The number of hydrogen-bond acceptors (Lipinski definition) is 24. The van der Waals surface area contributed by atoms with Gasteiger partial charge < -0.3 is 15.6 Å². The van der Waals surface area contributed by atoms with Crippen LogP contribution in [0.3, 0.4) is 0 Å². The molecule has 3 aromatic heterocycles. The molecule has 0 fully saturated rings. The highest BCUT2D eigenvalue weighted by Crippen LogP contribution is 2.45. The quantitative estimate of drug-likeness (QED) is 0.0130. The number of halogens is 1. The largest absolute Gasteiger partial charge is 0.493 e. The number of hydrogen-bond donors (Lipinski definition) is 7. The number of ether oxygens (including phenoxy) is 1. The normalized spacial score (nSPS) is 13.1. The van der Waals surface area contributed by atoms with Gasteiger partial charge in [-0.25, -0.2) is 9.97 Å². The van der Waals surface area contributed by atoms with E-state index in [1.807, 2.05) is 6.07 Å². The molecule has 0 aliphatic rings. The van der Waals surface area contributed by atoms with Gasteiger partial charge in [0.2, 0.25) is 11.0 Å². The van der Waals surface area contributed by atoms with Crippen molar-refractivity contribution in [2.75, 3.05) is 29.6 Å². The van der Waals surface area contributed by atoms with Crippen LogP contribution < -0.4 is 10.5 Å². The molecule has 79 heavy (non-hydrogen) atoms. The Kier molecular flexibility index (Phi) is 16.2.